The molecule has 1 unspecified atom stereocenters. The average molecular weight is 341 g/mol. The average Bonchev–Trinajstić information content (AvgIpc) is 2.62. The molecular formula is C18H17F2N5. The Morgan fingerprint density at radius 2 is 1.72 bits per heavy atom. The first-order chi connectivity index (χ1) is 12.0. The minimum Gasteiger partial charge on any atom is -0.393 e. The molecule has 25 heavy (non-hydrogen) atoms. The fourth-order valence-corrected chi connectivity index (χ4v) is 2.36. The van der Waals surface area contributed by atoms with Crippen LogP contribution in [-0.4, -0.2) is 9.97 Å². The Kier molecular flexibility index (Phi) is 4.74. The molecular weight excluding hydrogens is 324 g/mol. The van der Waals surface area contributed by atoms with E-state index in [0.717, 1.165) is 23.8 Å². The van der Waals surface area contributed by atoms with Crippen molar-refractivity contribution in [3.05, 3.63) is 72.1 Å². The first-order valence-corrected chi connectivity index (χ1v) is 7.68. The third kappa shape index (κ3) is 3.82. The van der Waals surface area contributed by atoms with Gasteiger partial charge in [-0.15, -0.1) is 0 Å². The molecule has 0 radical (unpaired) electrons. The fourth-order valence-electron chi connectivity index (χ4n) is 2.36. The van der Waals surface area contributed by atoms with E-state index < -0.39 is 11.6 Å². The highest BCUT2D eigenvalue weighted by molar-refractivity contribution is 5.77. The highest BCUT2D eigenvalue weighted by atomic mass is 19.1. The first-order valence-electron chi connectivity index (χ1n) is 7.68. The normalized spacial score (nSPS) is 11.8. The predicted molar refractivity (Wildman–Crippen MR) is 94.6 cm³/mol. The molecule has 1 heterocycles. The van der Waals surface area contributed by atoms with Crippen molar-refractivity contribution in [3.63, 3.8) is 0 Å². The highest BCUT2D eigenvalue weighted by Crippen LogP contribution is 2.29. The standard InChI is InChI=1S/C18H17F2N5/c1-11(12-5-3-2-4-6-12)24-17-16(21)18(23-10-22-17)25-15-9-13(19)7-8-14(15)20/h2-11H,21H2,1H3,(H2,22,23,24,25). The first kappa shape index (κ1) is 16.6. The molecule has 2 aromatic carbocycles. The molecule has 3 aromatic rings. The summed E-state index contributed by atoms with van der Waals surface area (Å²) >= 11 is 0. The van der Waals surface area contributed by atoms with Crippen molar-refractivity contribution in [3.8, 4) is 0 Å². The lowest BCUT2D eigenvalue weighted by Crippen LogP contribution is -2.12. The second-order valence-corrected chi connectivity index (χ2v) is 5.51. The van der Waals surface area contributed by atoms with Crippen LogP contribution in [0.1, 0.15) is 18.5 Å². The molecule has 0 saturated heterocycles. The second-order valence-electron chi connectivity index (χ2n) is 5.51. The number of nitrogens with one attached hydrogen (secondary N) is 2. The zero-order valence-electron chi connectivity index (χ0n) is 13.5. The van der Waals surface area contributed by atoms with Gasteiger partial charge in [-0.05, 0) is 24.6 Å². The summed E-state index contributed by atoms with van der Waals surface area (Å²) in [6, 6.07) is 12.8. The summed E-state index contributed by atoms with van der Waals surface area (Å²) < 4.78 is 27.1. The van der Waals surface area contributed by atoms with Crippen molar-refractivity contribution in [2.24, 2.45) is 0 Å². The zero-order valence-corrected chi connectivity index (χ0v) is 13.5. The van der Waals surface area contributed by atoms with Gasteiger partial charge in [0.25, 0.3) is 0 Å². The van der Waals surface area contributed by atoms with Crippen LogP contribution in [0.5, 0.6) is 0 Å². The summed E-state index contributed by atoms with van der Waals surface area (Å²) in [6.07, 6.45) is 1.30. The lowest BCUT2D eigenvalue weighted by atomic mass is 10.1. The van der Waals surface area contributed by atoms with Crippen molar-refractivity contribution in [1.29, 1.82) is 0 Å². The van der Waals surface area contributed by atoms with Crippen LogP contribution < -0.4 is 16.4 Å². The number of hydrogen-bond acceptors (Lipinski definition) is 5. The van der Waals surface area contributed by atoms with E-state index in [0.29, 0.717) is 5.82 Å². The smallest absolute Gasteiger partial charge is 0.159 e. The molecule has 0 fully saturated rings. The SMILES string of the molecule is CC(Nc1ncnc(Nc2cc(F)ccc2F)c1N)c1ccccc1. The topological polar surface area (TPSA) is 75.9 Å². The summed E-state index contributed by atoms with van der Waals surface area (Å²) in [7, 11) is 0. The van der Waals surface area contributed by atoms with Crippen molar-refractivity contribution in [2.75, 3.05) is 16.4 Å². The number of hydrogen-bond donors (Lipinski definition) is 3. The van der Waals surface area contributed by atoms with Gasteiger partial charge in [-0.25, -0.2) is 18.7 Å². The molecule has 0 aliphatic carbocycles. The van der Waals surface area contributed by atoms with Crippen LogP contribution in [-0.2, 0) is 0 Å². The van der Waals surface area contributed by atoms with Gasteiger partial charge in [-0.2, -0.15) is 0 Å². The van der Waals surface area contributed by atoms with E-state index in [-0.39, 0.29) is 23.2 Å². The van der Waals surface area contributed by atoms with E-state index in [9.17, 15) is 8.78 Å². The van der Waals surface area contributed by atoms with Gasteiger partial charge in [0.2, 0.25) is 0 Å². The minimum atomic E-state index is -0.605. The van der Waals surface area contributed by atoms with Crippen LogP contribution in [0.2, 0.25) is 0 Å². The van der Waals surface area contributed by atoms with Crippen LogP contribution in [0.3, 0.4) is 0 Å². The molecule has 1 aromatic heterocycles. The number of halogens is 2. The Balaban J connectivity index is 1.84. The molecule has 0 saturated carbocycles. The summed E-state index contributed by atoms with van der Waals surface area (Å²) in [5.41, 5.74) is 7.31. The zero-order chi connectivity index (χ0) is 17.8. The number of nitrogens with zero attached hydrogens (tertiary/aromatic N) is 2. The van der Waals surface area contributed by atoms with E-state index >= 15 is 0 Å². The van der Waals surface area contributed by atoms with Crippen LogP contribution >= 0.6 is 0 Å². The Hall–Kier alpha value is -3.22. The number of benzene rings is 2. The predicted octanol–water partition coefficient (Wildman–Crippen LogP) is 4.25. The molecule has 0 amide bonds. The van der Waals surface area contributed by atoms with Crippen LogP contribution in [0, 0.1) is 11.6 Å². The second kappa shape index (κ2) is 7.12. The van der Waals surface area contributed by atoms with Gasteiger partial charge in [-0.1, -0.05) is 30.3 Å². The Morgan fingerprint density at radius 1 is 1.00 bits per heavy atom. The van der Waals surface area contributed by atoms with Crippen molar-refractivity contribution >= 4 is 23.0 Å². The molecule has 5 nitrogen and oxygen atoms in total. The molecule has 4 N–H and O–H groups in total. The van der Waals surface area contributed by atoms with Crippen LogP contribution in [0.15, 0.2) is 54.9 Å². The number of anilines is 4. The third-order valence-corrected chi connectivity index (χ3v) is 3.72. The lowest BCUT2D eigenvalue weighted by molar-refractivity contribution is 0.603. The van der Waals surface area contributed by atoms with Gasteiger partial charge < -0.3 is 16.4 Å². The summed E-state index contributed by atoms with van der Waals surface area (Å²) in [4.78, 5) is 8.14. The maximum Gasteiger partial charge on any atom is 0.159 e. The molecule has 0 aliphatic heterocycles. The molecule has 128 valence electrons. The number of rotatable bonds is 5. The largest absolute Gasteiger partial charge is 0.393 e. The summed E-state index contributed by atoms with van der Waals surface area (Å²) in [5.74, 6) is -0.563. The maximum absolute atomic E-state index is 13.8. The summed E-state index contributed by atoms with van der Waals surface area (Å²) in [6.45, 7) is 1.97. The van der Waals surface area contributed by atoms with E-state index in [1.807, 2.05) is 37.3 Å². The minimum absolute atomic E-state index is 0.0443. The van der Waals surface area contributed by atoms with Crippen LogP contribution in [0.25, 0.3) is 0 Å². The van der Waals surface area contributed by atoms with E-state index in [2.05, 4.69) is 20.6 Å². The van der Waals surface area contributed by atoms with Gasteiger partial charge in [-0.3, -0.25) is 0 Å². The fraction of sp³-hybridized carbons (Fsp3) is 0.111. The monoisotopic (exact) mass is 341 g/mol. The molecule has 0 aliphatic rings. The van der Waals surface area contributed by atoms with Crippen LogP contribution in [0.4, 0.5) is 31.8 Å². The van der Waals surface area contributed by atoms with Gasteiger partial charge in [0, 0.05) is 6.07 Å². The van der Waals surface area contributed by atoms with Gasteiger partial charge in [0.15, 0.2) is 11.6 Å². The third-order valence-electron chi connectivity index (χ3n) is 3.72. The highest BCUT2D eigenvalue weighted by Gasteiger charge is 2.13. The van der Waals surface area contributed by atoms with Crippen molar-refractivity contribution < 1.29 is 8.78 Å². The van der Waals surface area contributed by atoms with Gasteiger partial charge >= 0.3 is 0 Å². The maximum atomic E-state index is 13.8. The molecule has 0 spiro atoms. The van der Waals surface area contributed by atoms with Crippen molar-refractivity contribution in [1.82, 2.24) is 9.97 Å². The van der Waals surface area contributed by atoms with Gasteiger partial charge in [0.05, 0.1) is 11.7 Å². The number of aromatic nitrogens is 2. The Morgan fingerprint density at radius 3 is 2.48 bits per heavy atom. The number of nitrogens with two attached hydrogens (primary N) is 1. The Bertz CT molecular complexity index is 871. The van der Waals surface area contributed by atoms with Gasteiger partial charge in [0.1, 0.15) is 23.6 Å². The number of nitrogen functional groups attached to an aromatic ring is 1. The lowest BCUT2D eigenvalue weighted by Gasteiger charge is -2.17. The molecule has 0 bridgehead atoms. The van der Waals surface area contributed by atoms with E-state index in [1.165, 1.54) is 6.33 Å². The molecule has 1 atom stereocenters. The Labute approximate surface area is 143 Å². The summed E-state index contributed by atoms with van der Waals surface area (Å²) in [5, 5.41) is 5.90. The quantitative estimate of drug-likeness (QED) is 0.647. The van der Waals surface area contributed by atoms with E-state index in [4.69, 9.17) is 5.73 Å². The molecule has 7 heteroatoms. The van der Waals surface area contributed by atoms with Crippen molar-refractivity contribution in [2.45, 2.75) is 13.0 Å². The van der Waals surface area contributed by atoms with E-state index in [1.54, 1.807) is 0 Å². The molecule has 3 rings (SSSR count).